The molecule has 1 saturated heterocycles. The second kappa shape index (κ2) is 7.05. The first-order valence-corrected chi connectivity index (χ1v) is 9.90. The van der Waals surface area contributed by atoms with Crippen molar-refractivity contribution < 1.29 is 28.6 Å². The van der Waals surface area contributed by atoms with E-state index in [-0.39, 0.29) is 29.8 Å². The molecule has 6 atom stereocenters. The Bertz CT molecular complexity index is 730. The van der Waals surface area contributed by atoms with Crippen LogP contribution in [0.2, 0.25) is 0 Å². The lowest BCUT2D eigenvalue weighted by Gasteiger charge is -2.46. The van der Waals surface area contributed by atoms with E-state index in [2.05, 4.69) is 20.4 Å². The highest BCUT2D eigenvalue weighted by Crippen LogP contribution is 2.66. The van der Waals surface area contributed by atoms with Gasteiger partial charge in [0.25, 0.3) is 0 Å². The Balaban J connectivity index is 2.06. The highest BCUT2D eigenvalue weighted by Gasteiger charge is 2.71. The van der Waals surface area contributed by atoms with E-state index in [4.69, 9.17) is 14.2 Å². The van der Waals surface area contributed by atoms with E-state index in [0.717, 1.165) is 12.0 Å². The molecule has 1 aliphatic heterocycles. The second-order valence-electron chi connectivity index (χ2n) is 9.06. The van der Waals surface area contributed by atoms with Gasteiger partial charge in [-0.25, -0.2) is 4.79 Å². The Labute approximate surface area is 166 Å². The van der Waals surface area contributed by atoms with Crippen molar-refractivity contribution in [1.82, 2.24) is 0 Å². The SMILES string of the molecule is C=C1COC(=O)C12CC1(C)C(C)CCC(OC(=O)C=C(C)C)C1C2OC(C)=O. The van der Waals surface area contributed by atoms with Crippen LogP contribution in [-0.2, 0) is 28.6 Å². The molecule has 2 aliphatic carbocycles. The minimum Gasteiger partial charge on any atom is -0.461 e. The van der Waals surface area contributed by atoms with Gasteiger partial charge in [0.1, 0.15) is 24.2 Å². The maximum absolute atomic E-state index is 12.9. The summed E-state index contributed by atoms with van der Waals surface area (Å²) < 4.78 is 16.9. The number of carbonyl (C=O) groups excluding carboxylic acids is 3. The van der Waals surface area contributed by atoms with E-state index >= 15 is 0 Å². The van der Waals surface area contributed by atoms with Gasteiger partial charge in [0, 0.05) is 18.9 Å². The van der Waals surface area contributed by atoms with Gasteiger partial charge < -0.3 is 14.2 Å². The molecule has 0 radical (unpaired) electrons. The van der Waals surface area contributed by atoms with E-state index in [1.807, 2.05) is 13.8 Å². The minimum absolute atomic E-state index is 0.135. The average molecular weight is 390 g/mol. The van der Waals surface area contributed by atoms with Crippen molar-refractivity contribution in [2.45, 2.75) is 66.1 Å². The third kappa shape index (κ3) is 3.07. The summed E-state index contributed by atoms with van der Waals surface area (Å²) in [4.78, 5) is 37.2. The van der Waals surface area contributed by atoms with Gasteiger partial charge in [-0.15, -0.1) is 0 Å². The summed E-state index contributed by atoms with van der Waals surface area (Å²) in [5, 5.41) is 0. The van der Waals surface area contributed by atoms with E-state index in [1.54, 1.807) is 0 Å². The first-order valence-electron chi connectivity index (χ1n) is 9.90. The predicted octanol–water partition coefficient (Wildman–Crippen LogP) is 3.35. The summed E-state index contributed by atoms with van der Waals surface area (Å²) in [7, 11) is 0. The molecule has 1 spiro atoms. The molecule has 0 bridgehead atoms. The molecular formula is C22H30O6. The van der Waals surface area contributed by atoms with Crippen molar-refractivity contribution in [1.29, 1.82) is 0 Å². The highest BCUT2D eigenvalue weighted by atomic mass is 16.6. The Morgan fingerprint density at radius 3 is 2.43 bits per heavy atom. The third-order valence-electron chi connectivity index (χ3n) is 6.98. The normalized spacial score (nSPS) is 39.3. The van der Waals surface area contributed by atoms with Crippen LogP contribution in [0.5, 0.6) is 0 Å². The fourth-order valence-corrected chi connectivity index (χ4v) is 5.49. The molecule has 28 heavy (non-hydrogen) atoms. The maximum atomic E-state index is 12.9. The molecule has 6 unspecified atom stereocenters. The molecule has 0 aromatic carbocycles. The van der Waals surface area contributed by atoms with Crippen LogP contribution in [-0.4, -0.2) is 36.7 Å². The summed E-state index contributed by atoms with van der Waals surface area (Å²) in [5.74, 6) is -1.28. The Morgan fingerprint density at radius 1 is 1.21 bits per heavy atom. The summed E-state index contributed by atoms with van der Waals surface area (Å²) in [5.41, 5.74) is 0.0795. The van der Waals surface area contributed by atoms with Gasteiger partial charge in [-0.1, -0.05) is 26.0 Å². The van der Waals surface area contributed by atoms with E-state index in [9.17, 15) is 14.4 Å². The third-order valence-corrected chi connectivity index (χ3v) is 6.98. The van der Waals surface area contributed by atoms with Gasteiger partial charge in [-0.2, -0.15) is 0 Å². The number of ether oxygens (including phenoxy) is 3. The molecule has 0 amide bonds. The van der Waals surface area contributed by atoms with Crippen molar-refractivity contribution in [2.24, 2.45) is 22.7 Å². The molecule has 3 aliphatic rings. The maximum Gasteiger partial charge on any atom is 0.330 e. The second-order valence-corrected chi connectivity index (χ2v) is 9.06. The molecule has 3 rings (SSSR count). The molecule has 3 fully saturated rings. The molecule has 2 saturated carbocycles. The van der Waals surface area contributed by atoms with Crippen LogP contribution in [0.3, 0.4) is 0 Å². The van der Waals surface area contributed by atoms with Crippen molar-refractivity contribution in [3.05, 3.63) is 23.8 Å². The molecule has 1 heterocycles. The topological polar surface area (TPSA) is 78.9 Å². The fraction of sp³-hybridized carbons (Fsp3) is 0.682. The number of fused-ring (bicyclic) bond motifs is 1. The number of esters is 3. The summed E-state index contributed by atoms with van der Waals surface area (Å²) in [6.45, 7) is 13.5. The van der Waals surface area contributed by atoms with Crippen molar-refractivity contribution in [2.75, 3.05) is 6.61 Å². The van der Waals surface area contributed by atoms with E-state index < -0.39 is 29.6 Å². The molecule has 6 nitrogen and oxygen atoms in total. The molecular weight excluding hydrogens is 360 g/mol. The standard InChI is InChI=1S/C22H30O6/c1-12(2)9-17(24)28-16-8-7-13(3)21(6)11-22(14(4)10-26-20(22)25)19(18(16)21)27-15(5)23/h9,13,16,18-19H,4,7-8,10-11H2,1-3,5-6H3. The summed E-state index contributed by atoms with van der Waals surface area (Å²) in [6, 6.07) is 0. The van der Waals surface area contributed by atoms with Crippen LogP contribution >= 0.6 is 0 Å². The van der Waals surface area contributed by atoms with Crippen molar-refractivity contribution >= 4 is 17.9 Å². The molecule has 0 N–H and O–H groups in total. The average Bonchev–Trinajstić information content (AvgIpc) is 3.00. The Morgan fingerprint density at radius 2 is 1.89 bits per heavy atom. The van der Waals surface area contributed by atoms with Crippen molar-refractivity contribution in [3.63, 3.8) is 0 Å². The number of hydrogen-bond donors (Lipinski definition) is 0. The van der Waals surface area contributed by atoms with Gasteiger partial charge >= 0.3 is 17.9 Å². The lowest BCUT2D eigenvalue weighted by atomic mass is 9.61. The number of allylic oxidation sites excluding steroid dienone is 1. The number of carbonyl (C=O) groups is 3. The van der Waals surface area contributed by atoms with Gasteiger partial charge in [-0.05, 0) is 50.0 Å². The predicted molar refractivity (Wildman–Crippen MR) is 102 cm³/mol. The smallest absolute Gasteiger partial charge is 0.330 e. The lowest BCUT2D eigenvalue weighted by molar-refractivity contribution is -0.172. The summed E-state index contributed by atoms with van der Waals surface area (Å²) in [6.07, 6.45) is 2.30. The van der Waals surface area contributed by atoms with Gasteiger partial charge in [0.05, 0.1) is 0 Å². The van der Waals surface area contributed by atoms with E-state index in [1.165, 1.54) is 13.0 Å². The minimum atomic E-state index is -1.06. The van der Waals surface area contributed by atoms with Gasteiger partial charge in [-0.3, -0.25) is 9.59 Å². The molecule has 0 aromatic rings. The van der Waals surface area contributed by atoms with Crippen LogP contribution in [0.25, 0.3) is 0 Å². The molecule has 0 aromatic heterocycles. The van der Waals surface area contributed by atoms with Crippen LogP contribution in [0.1, 0.15) is 53.9 Å². The van der Waals surface area contributed by atoms with Crippen LogP contribution < -0.4 is 0 Å². The van der Waals surface area contributed by atoms with Crippen LogP contribution in [0.4, 0.5) is 0 Å². The van der Waals surface area contributed by atoms with Gasteiger partial charge in [0.2, 0.25) is 0 Å². The molecule has 6 heteroatoms. The Kier molecular flexibility index (Phi) is 5.19. The van der Waals surface area contributed by atoms with Crippen LogP contribution in [0, 0.1) is 22.7 Å². The van der Waals surface area contributed by atoms with Crippen molar-refractivity contribution in [3.8, 4) is 0 Å². The zero-order valence-electron chi connectivity index (χ0n) is 17.4. The summed E-state index contributed by atoms with van der Waals surface area (Å²) >= 11 is 0. The first-order chi connectivity index (χ1) is 13.0. The fourth-order valence-electron chi connectivity index (χ4n) is 5.49. The lowest BCUT2D eigenvalue weighted by Crippen LogP contribution is -2.50. The van der Waals surface area contributed by atoms with Crippen LogP contribution in [0.15, 0.2) is 23.8 Å². The zero-order valence-corrected chi connectivity index (χ0v) is 17.4. The number of hydrogen-bond acceptors (Lipinski definition) is 6. The van der Waals surface area contributed by atoms with E-state index in [0.29, 0.717) is 18.4 Å². The Hall–Kier alpha value is -2.11. The monoisotopic (exact) mass is 390 g/mol. The highest BCUT2D eigenvalue weighted by molar-refractivity contribution is 5.86. The van der Waals surface area contributed by atoms with Gasteiger partial charge in [0.15, 0.2) is 0 Å². The zero-order chi connectivity index (χ0) is 20.9. The number of rotatable bonds is 3. The molecule has 154 valence electrons. The largest absolute Gasteiger partial charge is 0.461 e. The number of cyclic esters (lactones) is 1. The quantitative estimate of drug-likeness (QED) is 0.318. The first kappa shape index (κ1) is 20.6.